The number of carbonyl (C=O) groups excluding carboxylic acids is 1. The second kappa shape index (κ2) is 6.33. The summed E-state index contributed by atoms with van der Waals surface area (Å²) in [5, 5.41) is 0. The average Bonchev–Trinajstić information content (AvgIpc) is 2.27. The third-order valence-electron chi connectivity index (χ3n) is 3.03. The third-order valence-corrected chi connectivity index (χ3v) is 3.03. The van der Waals surface area contributed by atoms with Crippen molar-refractivity contribution in [3.05, 3.63) is 0 Å². The van der Waals surface area contributed by atoms with Gasteiger partial charge < -0.3 is 10.6 Å². The number of nitrogens with two attached hydrogens (primary N) is 1. The SMILES string of the molecule is CC1CCCC(C)N(C(=O)[C@H](C)N)C1.Cl. The Kier molecular flexibility index (Phi) is 6.22. The summed E-state index contributed by atoms with van der Waals surface area (Å²) in [4.78, 5) is 13.8. The van der Waals surface area contributed by atoms with E-state index in [0.717, 1.165) is 13.0 Å². The lowest BCUT2D eigenvalue weighted by atomic mass is 10.1. The van der Waals surface area contributed by atoms with Gasteiger partial charge in [0.1, 0.15) is 0 Å². The van der Waals surface area contributed by atoms with Crippen LogP contribution < -0.4 is 5.73 Å². The first-order valence-electron chi connectivity index (χ1n) is 5.58. The van der Waals surface area contributed by atoms with Crippen LogP contribution in [0.4, 0.5) is 0 Å². The van der Waals surface area contributed by atoms with Gasteiger partial charge in [-0.15, -0.1) is 12.4 Å². The van der Waals surface area contributed by atoms with E-state index in [1.165, 1.54) is 12.8 Å². The molecule has 0 aromatic rings. The summed E-state index contributed by atoms with van der Waals surface area (Å²) in [6.45, 7) is 6.98. The van der Waals surface area contributed by atoms with Crippen molar-refractivity contribution in [2.75, 3.05) is 6.54 Å². The molecule has 0 aromatic carbocycles. The molecular weight excluding hydrogens is 212 g/mol. The molecule has 1 rings (SSSR count). The number of likely N-dealkylation sites (tertiary alicyclic amines) is 1. The molecular formula is C11H23ClN2O. The van der Waals surface area contributed by atoms with E-state index >= 15 is 0 Å². The number of hydrogen-bond donors (Lipinski definition) is 1. The van der Waals surface area contributed by atoms with Crippen molar-refractivity contribution in [2.24, 2.45) is 11.7 Å². The van der Waals surface area contributed by atoms with Gasteiger partial charge in [0.05, 0.1) is 6.04 Å². The molecule has 0 saturated carbocycles. The molecule has 0 aromatic heterocycles. The van der Waals surface area contributed by atoms with Crippen LogP contribution in [0.25, 0.3) is 0 Å². The summed E-state index contributed by atoms with van der Waals surface area (Å²) in [6.07, 6.45) is 3.57. The Hall–Kier alpha value is -0.280. The van der Waals surface area contributed by atoms with E-state index in [1.54, 1.807) is 6.92 Å². The van der Waals surface area contributed by atoms with E-state index in [9.17, 15) is 4.79 Å². The van der Waals surface area contributed by atoms with Gasteiger partial charge in [-0.1, -0.05) is 13.3 Å². The van der Waals surface area contributed by atoms with E-state index in [0.29, 0.717) is 12.0 Å². The highest BCUT2D eigenvalue weighted by Gasteiger charge is 2.26. The van der Waals surface area contributed by atoms with Crippen LogP contribution in [0.3, 0.4) is 0 Å². The fourth-order valence-corrected chi connectivity index (χ4v) is 2.09. The lowest BCUT2D eigenvalue weighted by Gasteiger charge is -2.30. The van der Waals surface area contributed by atoms with E-state index in [4.69, 9.17) is 5.73 Å². The Morgan fingerprint density at radius 3 is 2.53 bits per heavy atom. The highest BCUT2D eigenvalue weighted by Crippen LogP contribution is 2.20. The standard InChI is InChI=1S/C11H22N2O.ClH/c1-8-5-4-6-9(2)13(7-8)11(14)10(3)12;/h8-10H,4-7,12H2,1-3H3;1H/t8?,9?,10-;/m0./s1. The molecule has 3 atom stereocenters. The summed E-state index contributed by atoms with van der Waals surface area (Å²) >= 11 is 0. The number of halogens is 1. The van der Waals surface area contributed by atoms with Gasteiger partial charge in [-0.3, -0.25) is 4.79 Å². The Morgan fingerprint density at radius 1 is 1.40 bits per heavy atom. The third kappa shape index (κ3) is 3.99. The van der Waals surface area contributed by atoms with Crippen molar-refractivity contribution in [3.8, 4) is 0 Å². The lowest BCUT2D eigenvalue weighted by Crippen LogP contribution is -2.47. The van der Waals surface area contributed by atoms with Crippen LogP contribution in [0.1, 0.15) is 40.0 Å². The van der Waals surface area contributed by atoms with Gasteiger partial charge in [0.2, 0.25) is 5.91 Å². The molecule has 1 saturated heterocycles. The zero-order valence-corrected chi connectivity index (χ0v) is 10.7. The van der Waals surface area contributed by atoms with E-state index in [1.807, 2.05) is 4.90 Å². The van der Waals surface area contributed by atoms with Gasteiger partial charge in [0, 0.05) is 12.6 Å². The maximum absolute atomic E-state index is 11.8. The Morgan fingerprint density at radius 2 is 2.00 bits per heavy atom. The number of carbonyl (C=O) groups is 1. The summed E-state index contributed by atoms with van der Waals surface area (Å²) in [5.41, 5.74) is 5.63. The molecule has 0 aliphatic carbocycles. The second-order valence-corrected chi connectivity index (χ2v) is 4.66. The fourth-order valence-electron chi connectivity index (χ4n) is 2.09. The summed E-state index contributed by atoms with van der Waals surface area (Å²) < 4.78 is 0. The average molecular weight is 235 g/mol. The van der Waals surface area contributed by atoms with E-state index < -0.39 is 0 Å². The van der Waals surface area contributed by atoms with Gasteiger partial charge in [0.15, 0.2) is 0 Å². The first-order chi connectivity index (χ1) is 6.52. The van der Waals surface area contributed by atoms with Gasteiger partial charge >= 0.3 is 0 Å². The van der Waals surface area contributed by atoms with Crippen molar-refractivity contribution in [2.45, 2.75) is 52.1 Å². The van der Waals surface area contributed by atoms with Crippen molar-refractivity contribution < 1.29 is 4.79 Å². The molecule has 15 heavy (non-hydrogen) atoms. The lowest BCUT2D eigenvalue weighted by molar-refractivity contribution is -0.134. The number of rotatable bonds is 1. The molecule has 1 amide bonds. The topological polar surface area (TPSA) is 46.3 Å². The Bertz CT molecular complexity index is 209. The zero-order valence-electron chi connectivity index (χ0n) is 9.90. The Labute approximate surface area is 98.8 Å². The molecule has 0 radical (unpaired) electrons. The number of amides is 1. The molecule has 3 nitrogen and oxygen atoms in total. The maximum Gasteiger partial charge on any atom is 0.239 e. The molecule has 2 N–H and O–H groups in total. The van der Waals surface area contributed by atoms with Crippen LogP contribution >= 0.6 is 12.4 Å². The maximum atomic E-state index is 11.8. The fraction of sp³-hybridized carbons (Fsp3) is 0.909. The van der Waals surface area contributed by atoms with Crippen molar-refractivity contribution >= 4 is 18.3 Å². The molecule has 2 unspecified atom stereocenters. The quantitative estimate of drug-likeness (QED) is 0.752. The monoisotopic (exact) mass is 234 g/mol. The van der Waals surface area contributed by atoms with Crippen LogP contribution in [0.5, 0.6) is 0 Å². The van der Waals surface area contributed by atoms with Crippen molar-refractivity contribution in [1.82, 2.24) is 4.90 Å². The van der Waals surface area contributed by atoms with E-state index in [2.05, 4.69) is 13.8 Å². The number of nitrogens with zero attached hydrogens (tertiary/aromatic N) is 1. The highest BCUT2D eigenvalue weighted by molar-refractivity contribution is 5.85. The predicted octanol–water partition coefficient (Wildman–Crippen LogP) is 1.79. The van der Waals surface area contributed by atoms with Crippen LogP contribution in [0.15, 0.2) is 0 Å². The predicted molar refractivity (Wildman–Crippen MR) is 65.1 cm³/mol. The first-order valence-corrected chi connectivity index (χ1v) is 5.58. The zero-order chi connectivity index (χ0) is 10.7. The summed E-state index contributed by atoms with van der Waals surface area (Å²) in [6, 6.07) is 0.00111. The molecule has 1 fully saturated rings. The summed E-state index contributed by atoms with van der Waals surface area (Å²) in [7, 11) is 0. The molecule has 1 aliphatic heterocycles. The van der Waals surface area contributed by atoms with Crippen LogP contribution in [0, 0.1) is 5.92 Å². The van der Waals surface area contributed by atoms with Crippen molar-refractivity contribution in [3.63, 3.8) is 0 Å². The molecule has 1 aliphatic rings. The highest BCUT2D eigenvalue weighted by atomic mass is 35.5. The van der Waals surface area contributed by atoms with Gasteiger partial charge in [0.25, 0.3) is 0 Å². The summed E-state index contributed by atoms with van der Waals surface area (Å²) in [5.74, 6) is 0.717. The Balaban J connectivity index is 0.00000196. The minimum absolute atomic E-state index is 0. The molecule has 0 bridgehead atoms. The van der Waals surface area contributed by atoms with Gasteiger partial charge in [-0.05, 0) is 32.6 Å². The van der Waals surface area contributed by atoms with Crippen molar-refractivity contribution in [1.29, 1.82) is 0 Å². The smallest absolute Gasteiger partial charge is 0.239 e. The van der Waals surface area contributed by atoms with E-state index in [-0.39, 0.29) is 24.4 Å². The second-order valence-electron chi connectivity index (χ2n) is 4.66. The molecule has 90 valence electrons. The normalized spacial score (nSPS) is 28.9. The van der Waals surface area contributed by atoms with Crippen LogP contribution in [-0.2, 0) is 4.79 Å². The van der Waals surface area contributed by atoms with Crippen LogP contribution in [0.2, 0.25) is 0 Å². The van der Waals surface area contributed by atoms with Gasteiger partial charge in [-0.2, -0.15) is 0 Å². The largest absolute Gasteiger partial charge is 0.338 e. The first kappa shape index (κ1) is 14.7. The number of hydrogen-bond acceptors (Lipinski definition) is 2. The minimum atomic E-state index is -0.359. The molecule has 1 heterocycles. The van der Waals surface area contributed by atoms with Crippen LogP contribution in [-0.4, -0.2) is 29.4 Å². The molecule has 4 heteroatoms. The minimum Gasteiger partial charge on any atom is -0.338 e. The molecule has 0 spiro atoms. The van der Waals surface area contributed by atoms with Gasteiger partial charge in [-0.25, -0.2) is 0 Å².